The number of methoxy groups -OCH3 is 2. The van der Waals surface area contributed by atoms with Gasteiger partial charge in [0.05, 0.1) is 27.2 Å². The van der Waals surface area contributed by atoms with Crippen molar-refractivity contribution in [3.63, 3.8) is 0 Å². The Bertz CT molecular complexity index is 1250. The molecule has 0 radical (unpaired) electrons. The number of aromatic hydroxyl groups is 1. The molecule has 4 rings (SSSR count). The number of benzene rings is 1. The molecule has 35 heavy (non-hydrogen) atoms. The Labute approximate surface area is 198 Å². The number of aliphatic hydroxyl groups excluding tert-OH is 2. The van der Waals surface area contributed by atoms with Crippen molar-refractivity contribution in [2.75, 3.05) is 26.1 Å². The topological polar surface area (TPSA) is 211 Å². The molecule has 0 aliphatic carbocycles. The summed E-state index contributed by atoms with van der Waals surface area (Å²) in [5, 5.41) is 33.9. The average Bonchev–Trinajstić information content (AvgIpc) is 3.36. The molecule has 1 fully saturated rings. The van der Waals surface area contributed by atoms with Crippen molar-refractivity contribution in [1.29, 1.82) is 0 Å². The highest BCUT2D eigenvalue weighted by molar-refractivity contribution is 7.46. The third kappa shape index (κ3) is 5.16. The standard InChI is InChI=1S/C19H24N5O10P/c1-31-11-4-9(3-10(25)16(11)32-2)5-20-17-13-18(22-7-21-17)24(8-23-13)19-15(27)14(26)12(34-19)6-33-35(28,29)30/h3-4,7-8,12,14-15,19,25-27H,5-6H2,1-2H3,(H,20,21,22)(H2,28,29,30)/t12-,14-,15-,19-/m1/s1. The van der Waals surface area contributed by atoms with Gasteiger partial charge in [-0.25, -0.2) is 19.5 Å². The molecule has 0 unspecified atom stereocenters. The van der Waals surface area contributed by atoms with Crippen LogP contribution in [0.4, 0.5) is 5.82 Å². The van der Waals surface area contributed by atoms with Gasteiger partial charge in [0.2, 0.25) is 5.75 Å². The molecular weight excluding hydrogens is 489 g/mol. The van der Waals surface area contributed by atoms with Crippen LogP contribution >= 0.6 is 7.82 Å². The molecule has 190 valence electrons. The van der Waals surface area contributed by atoms with Gasteiger partial charge in [-0.05, 0) is 17.7 Å². The first-order chi connectivity index (χ1) is 16.6. The minimum absolute atomic E-state index is 0.0935. The maximum Gasteiger partial charge on any atom is 0.469 e. The van der Waals surface area contributed by atoms with E-state index in [-0.39, 0.29) is 23.7 Å². The van der Waals surface area contributed by atoms with Gasteiger partial charge >= 0.3 is 7.82 Å². The summed E-state index contributed by atoms with van der Waals surface area (Å²) < 4.78 is 32.7. The lowest BCUT2D eigenvalue weighted by molar-refractivity contribution is -0.0504. The fraction of sp³-hybridized carbons (Fsp3) is 0.421. The number of hydrogen-bond donors (Lipinski definition) is 6. The van der Waals surface area contributed by atoms with Crippen LogP contribution in [0.5, 0.6) is 17.2 Å². The zero-order valence-electron chi connectivity index (χ0n) is 18.5. The number of phosphoric acid groups is 1. The van der Waals surface area contributed by atoms with Gasteiger partial charge in [-0.1, -0.05) is 0 Å². The summed E-state index contributed by atoms with van der Waals surface area (Å²) in [5.41, 5.74) is 1.26. The van der Waals surface area contributed by atoms with Gasteiger partial charge in [0, 0.05) is 6.54 Å². The molecule has 6 N–H and O–H groups in total. The minimum atomic E-state index is -4.79. The van der Waals surface area contributed by atoms with E-state index in [4.69, 9.17) is 24.0 Å². The number of phosphoric ester groups is 1. The molecule has 1 saturated heterocycles. The fourth-order valence-corrected chi connectivity index (χ4v) is 4.06. The first-order valence-corrected chi connectivity index (χ1v) is 11.7. The van der Waals surface area contributed by atoms with E-state index in [0.717, 1.165) is 0 Å². The van der Waals surface area contributed by atoms with E-state index in [0.29, 0.717) is 22.6 Å². The zero-order chi connectivity index (χ0) is 25.3. The number of aliphatic hydroxyl groups is 2. The first kappa shape index (κ1) is 25.1. The van der Waals surface area contributed by atoms with E-state index < -0.39 is 39.0 Å². The van der Waals surface area contributed by atoms with Crippen molar-refractivity contribution in [2.45, 2.75) is 31.1 Å². The summed E-state index contributed by atoms with van der Waals surface area (Å²) in [6.07, 6.45) is -2.66. The maximum absolute atomic E-state index is 11.0. The van der Waals surface area contributed by atoms with E-state index in [9.17, 15) is 19.9 Å². The summed E-state index contributed by atoms with van der Waals surface area (Å²) >= 11 is 0. The number of rotatable bonds is 9. The van der Waals surface area contributed by atoms with Crippen molar-refractivity contribution in [2.24, 2.45) is 0 Å². The van der Waals surface area contributed by atoms with Gasteiger partial charge in [0.1, 0.15) is 24.6 Å². The van der Waals surface area contributed by atoms with Crippen LogP contribution in [0.2, 0.25) is 0 Å². The third-order valence-electron chi connectivity index (χ3n) is 5.36. The number of ether oxygens (including phenoxy) is 3. The largest absolute Gasteiger partial charge is 0.504 e. The molecule has 0 saturated carbocycles. The molecule has 1 aliphatic heterocycles. The number of fused-ring (bicyclic) bond motifs is 1. The number of anilines is 1. The van der Waals surface area contributed by atoms with Crippen LogP contribution in [0.1, 0.15) is 11.8 Å². The van der Waals surface area contributed by atoms with E-state index >= 15 is 0 Å². The molecule has 1 aliphatic rings. The third-order valence-corrected chi connectivity index (χ3v) is 5.84. The van der Waals surface area contributed by atoms with Gasteiger partial charge in [-0.15, -0.1) is 0 Å². The normalized spacial score (nSPS) is 22.5. The molecule has 3 heterocycles. The zero-order valence-corrected chi connectivity index (χ0v) is 19.4. The summed E-state index contributed by atoms with van der Waals surface area (Å²) in [4.78, 5) is 30.4. The molecule has 1 aromatic carbocycles. The van der Waals surface area contributed by atoms with Crippen molar-refractivity contribution in [3.05, 3.63) is 30.4 Å². The van der Waals surface area contributed by atoms with Gasteiger partial charge in [-0.3, -0.25) is 9.09 Å². The second-order valence-electron chi connectivity index (χ2n) is 7.58. The summed E-state index contributed by atoms with van der Waals surface area (Å²) in [6, 6.07) is 3.20. The summed E-state index contributed by atoms with van der Waals surface area (Å²) in [6.45, 7) is -0.401. The maximum atomic E-state index is 11.0. The van der Waals surface area contributed by atoms with Crippen LogP contribution < -0.4 is 14.8 Å². The molecule has 16 heteroatoms. The van der Waals surface area contributed by atoms with Crippen molar-refractivity contribution in [1.82, 2.24) is 19.5 Å². The van der Waals surface area contributed by atoms with Crippen LogP contribution in [0.15, 0.2) is 24.8 Å². The number of imidazole rings is 1. The quantitative estimate of drug-likeness (QED) is 0.206. The Kier molecular flexibility index (Phi) is 7.10. The summed E-state index contributed by atoms with van der Waals surface area (Å²) in [7, 11) is -1.92. The van der Waals surface area contributed by atoms with E-state index in [1.54, 1.807) is 6.07 Å². The Morgan fingerprint density at radius 3 is 2.60 bits per heavy atom. The van der Waals surface area contributed by atoms with Crippen LogP contribution in [0.3, 0.4) is 0 Å². The number of phenols is 1. The molecule has 0 bridgehead atoms. The first-order valence-electron chi connectivity index (χ1n) is 10.2. The fourth-order valence-electron chi connectivity index (χ4n) is 3.72. The van der Waals surface area contributed by atoms with Gasteiger partial charge in [0.15, 0.2) is 34.7 Å². The lowest BCUT2D eigenvalue weighted by atomic mass is 10.1. The number of nitrogens with one attached hydrogen (secondary N) is 1. The lowest BCUT2D eigenvalue weighted by Crippen LogP contribution is -2.33. The molecule has 4 atom stereocenters. The minimum Gasteiger partial charge on any atom is -0.504 e. The second-order valence-corrected chi connectivity index (χ2v) is 8.82. The monoisotopic (exact) mass is 513 g/mol. The highest BCUT2D eigenvalue weighted by Crippen LogP contribution is 2.39. The van der Waals surface area contributed by atoms with Crippen molar-refractivity contribution >= 4 is 24.8 Å². The SMILES string of the molecule is COc1cc(CNc2ncnc3c2ncn3[C@@H]2O[C@H](COP(=O)(O)O)[C@@H](O)[C@H]2O)cc(O)c1OC. The van der Waals surface area contributed by atoms with Crippen LogP contribution in [-0.2, 0) is 20.4 Å². The molecule has 0 spiro atoms. The van der Waals surface area contributed by atoms with Gasteiger partial charge in [0.25, 0.3) is 0 Å². The molecule has 0 amide bonds. The molecule has 2 aromatic heterocycles. The molecular formula is C19H24N5O10P. The van der Waals surface area contributed by atoms with Crippen LogP contribution in [0, 0.1) is 0 Å². The van der Waals surface area contributed by atoms with E-state index in [2.05, 4.69) is 24.8 Å². The van der Waals surface area contributed by atoms with Crippen LogP contribution in [0.25, 0.3) is 11.2 Å². The molecule has 15 nitrogen and oxygen atoms in total. The van der Waals surface area contributed by atoms with Gasteiger partial charge < -0.3 is 44.6 Å². The second kappa shape index (κ2) is 9.91. The lowest BCUT2D eigenvalue weighted by Gasteiger charge is -2.16. The van der Waals surface area contributed by atoms with Crippen LogP contribution in [-0.4, -0.2) is 83.8 Å². The van der Waals surface area contributed by atoms with E-state index in [1.165, 1.54) is 37.5 Å². The smallest absolute Gasteiger partial charge is 0.469 e. The number of nitrogens with zero attached hydrogens (tertiary/aromatic N) is 4. The van der Waals surface area contributed by atoms with E-state index in [1.807, 2.05) is 0 Å². The van der Waals surface area contributed by atoms with Crippen molar-refractivity contribution in [3.8, 4) is 17.2 Å². The number of phenolic OH excluding ortho intramolecular Hbond substituents is 1. The highest BCUT2D eigenvalue weighted by Gasteiger charge is 2.45. The predicted octanol–water partition coefficient (Wildman–Crippen LogP) is -0.110. The average molecular weight is 513 g/mol. The van der Waals surface area contributed by atoms with Gasteiger partial charge in [-0.2, -0.15) is 0 Å². The Morgan fingerprint density at radius 1 is 1.14 bits per heavy atom. The number of aromatic nitrogens is 4. The van der Waals surface area contributed by atoms with Crippen molar-refractivity contribution < 1.29 is 48.4 Å². The highest BCUT2D eigenvalue weighted by atomic mass is 31.2. The Morgan fingerprint density at radius 2 is 1.91 bits per heavy atom. The Balaban J connectivity index is 1.54. The summed E-state index contributed by atoms with van der Waals surface area (Å²) in [5.74, 6) is 0.812. The Hall–Kier alpha value is -3.04. The molecule has 3 aromatic rings. The number of hydrogen-bond acceptors (Lipinski definition) is 12. The predicted molar refractivity (Wildman–Crippen MR) is 118 cm³/mol.